The van der Waals surface area contributed by atoms with Crippen LogP contribution in [0.2, 0.25) is 0 Å². The predicted octanol–water partition coefficient (Wildman–Crippen LogP) is 2.75. The maximum absolute atomic E-state index is 5.67. The Morgan fingerprint density at radius 2 is 1.92 bits per heavy atom. The molecular formula is C11H17NO. The summed E-state index contributed by atoms with van der Waals surface area (Å²) in [6, 6.07) is 7.81. The Kier molecular flexibility index (Phi) is 3.32. The first-order valence-corrected chi connectivity index (χ1v) is 4.60. The topological polar surface area (TPSA) is 35.2 Å². The zero-order valence-corrected chi connectivity index (χ0v) is 8.45. The predicted molar refractivity (Wildman–Crippen MR) is 55.5 cm³/mol. The Bertz CT molecular complexity index is 271. The number of nitrogen functional groups attached to an aromatic ring is 1. The Morgan fingerprint density at radius 1 is 1.23 bits per heavy atom. The first-order valence-electron chi connectivity index (χ1n) is 4.60. The lowest BCUT2D eigenvalue weighted by molar-refractivity contribution is 0.0179. The van der Waals surface area contributed by atoms with Crippen LogP contribution in [0.15, 0.2) is 24.3 Å². The summed E-state index contributed by atoms with van der Waals surface area (Å²) < 4.78 is 5.64. The second kappa shape index (κ2) is 4.28. The summed E-state index contributed by atoms with van der Waals surface area (Å²) in [6.07, 6.45) is 0.361. The van der Waals surface area contributed by atoms with Crippen LogP contribution in [-0.2, 0) is 4.74 Å². The Morgan fingerprint density at radius 3 is 2.46 bits per heavy atom. The summed E-state index contributed by atoms with van der Waals surface area (Å²) in [5.41, 5.74) is 7.59. The zero-order valence-electron chi connectivity index (χ0n) is 8.45. The van der Waals surface area contributed by atoms with Crippen molar-refractivity contribution in [2.45, 2.75) is 33.0 Å². The van der Waals surface area contributed by atoms with Crippen LogP contribution in [0.4, 0.5) is 5.69 Å². The molecule has 0 amide bonds. The summed E-state index contributed by atoms with van der Waals surface area (Å²) >= 11 is 0. The lowest BCUT2D eigenvalue weighted by atomic mass is 10.1. The average Bonchev–Trinajstić information content (AvgIpc) is 2.03. The van der Waals surface area contributed by atoms with Crippen molar-refractivity contribution in [3.63, 3.8) is 0 Å². The lowest BCUT2D eigenvalue weighted by Crippen LogP contribution is -2.07. The lowest BCUT2D eigenvalue weighted by Gasteiger charge is -2.16. The van der Waals surface area contributed by atoms with Crippen molar-refractivity contribution in [1.29, 1.82) is 0 Å². The molecule has 1 aromatic carbocycles. The molecular weight excluding hydrogens is 162 g/mol. The molecule has 13 heavy (non-hydrogen) atoms. The summed E-state index contributed by atoms with van der Waals surface area (Å²) in [5, 5.41) is 0. The van der Waals surface area contributed by atoms with E-state index in [1.807, 2.05) is 45.0 Å². The van der Waals surface area contributed by atoms with E-state index in [0.717, 1.165) is 11.3 Å². The molecule has 2 N–H and O–H groups in total. The molecule has 0 aliphatic carbocycles. The number of hydrogen-bond acceptors (Lipinski definition) is 2. The van der Waals surface area contributed by atoms with E-state index < -0.39 is 0 Å². The summed E-state index contributed by atoms with van der Waals surface area (Å²) in [4.78, 5) is 0. The SMILES string of the molecule is CC(C)OC(C)c1cccc(N)c1. The van der Waals surface area contributed by atoms with Crippen LogP contribution in [-0.4, -0.2) is 6.10 Å². The highest BCUT2D eigenvalue weighted by atomic mass is 16.5. The Balaban J connectivity index is 2.71. The molecule has 0 radical (unpaired) electrons. The number of hydrogen-bond donors (Lipinski definition) is 1. The van der Waals surface area contributed by atoms with Crippen molar-refractivity contribution in [3.05, 3.63) is 29.8 Å². The highest BCUT2D eigenvalue weighted by Crippen LogP contribution is 2.19. The highest BCUT2D eigenvalue weighted by Gasteiger charge is 2.07. The van der Waals surface area contributed by atoms with Crippen molar-refractivity contribution in [3.8, 4) is 0 Å². The van der Waals surface area contributed by atoms with E-state index in [9.17, 15) is 0 Å². The molecule has 1 unspecified atom stereocenters. The number of nitrogens with two attached hydrogens (primary N) is 1. The van der Waals surface area contributed by atoms with Gasteiger partial charge < -0.3 is 10.5 Å². The average molecular weight is 179 g/mol. The van der Waals surface area contributed by atoms with Crippen molar-refractivity contribution in [2.75, 3.05) is 5.73 Å². The minimum absolute atomic E-state index is 0.114. The summed E-state index contributed by atoms with van der Waals surface area (Å²) in [5.74, 6) is 0. The molecule has 0 aliphatic rings. The van der Waals surface area contributed by atoms with E-state index in [1.165, 1.54) is 0 Å². The smallest absolute Gasteiger partial charge is 0.0801 e. The van der Waals surface area contributed by atoms with E-state index in [4.69, 9.17) is 10.5 Å². The molecule has 0 heterocycles. The van der Waals surface area contributed by atoms with Gasteiger partial charge in [0, 0.05) is 5.69 Å². The van der Waals surface area contributed by atoms with E-state index in [0.29, 0.717) is 0 Å². The highest BCUT2D eigenvalue weighted by molar-refractivity contribution is 5.41. The van der Waals surface area contributed by atoms with E-state index in [1.54, 1.807) is 0 Å². The van der Waals surface area contributed by atoms with Crippen LogP contribution in [0, 0.1) is 0 Å². The van der Waals surface area contributed by atoms with Crippen LogP contribution < -0.4 is 5.73 Å². The molecule has 72 valence electrons. The van der Waals surface area contributed by atoms with Crippen molar-refractivity contribution < 1.29 is 4.74 Å². The molecule has 0 fully saturated rings. The van der Waals surface area contributed by atoms with Crippen LogP contribution in [0.5, 0.6) is 0 Å². The van der Waals surface area contributed by atoms with Gasteiger partial charge in [0.1, 0.15) is 0 Å². The van der Waals surface area contributed by atoms with Crippen LogP contribution in [0.3, 0.4) is 0 Å². The van der Waals surface area contributed by atoms with Gasteiger partial charge in [-0.25, -0.2) is 0 Å². The molecule has 2 heteroatoms. The number of anilines is 1. The van der Waals surface area contributed by atoms with E-state index >= 15 is 0 Å². The summed E-state index contributed by atoms with van der Waals surface area (Å²) in [7, 11) is 0. The maximum atomic E-state index is 5.67. The third-order valence-corrected chi connectivity index (χ3v) is 1.86. The van der Waals surface area contributed by atoms with Crippen molar-refractivity contribution in [2.24, 2.45) is 0 Å². The van der Waals surface area contributed by atoms with Gasteiger partial charge in [-0.2, -0.15) is 0 Å². The van der Waals surface area contributed by atoms with Gasteiger partial charge in [-0.05, 0) is 38.5 Å². The van der Waals surface area contributed by atoms with Crippen LogP contribution in [0.1, 0.15) is 32.4 Å². The molecule has 0 spiro atoms. The second-order valence-electron chi connectivity index (χ2n) is 3.50. The number of rotatable bonds is 3. The van der Waals surface area contributed by atoms with Gasteiger partial charge in [-0.15, -0.1) is 0 Å². The minimum atomic E-state index is 0.114. The molecule has 0 saturated carbocycles. The van der Waals surface area contributed by atoms with Gasteiger partial charge in [-0.1, -0.05) is 12.1 Å². The van der Waals surface area contributed by atoms with Gasteiger partial charge in [-0.3, -0.25) is 0 Å². The second-order valence-corrected chi connectivity index (χ2v) is 3.50. The van der Waals surface area contributed by atoms with Crippen molar-refractivity contribution in [1.82, 2.24) is 0 Å². The fourth-order valence-electron chi connectivity index (χ4n) is 1.30. The number of ether oxygens (including phenoxy) is 1. The van der Waals surface area contributed by atoms with Gasteiger partial charge in [0.25, 0.3) is 0 Å². The molecule has 1 rings (SSSR count). The summed E-state index contributed by atoms with van der Waals surface area (Å²) in [6.45, 7) is 6.10. The number of benzene rings is 1. The first-order chi connectivity index (χ1) is 6.09. The maximum Gasteiger partial charge on any atom is 0.0801 e. The molecule has 0 bridgehead atoms. The van der Waals surface area contributed by atoms with E-state index in [2.05, 4.69) is 0 Å². The molecule has 0 aromatic heterocycles. The third kappa shape index (κ3) is 3.07. The standard InChI is InChI=1S/C11H17NO/c1-8(2)13-9(3)10-5-4-6-11(12)7-10/h4-9H,12H2,1-3H3. The molecule has 0 saturated heterocycles. The molecule has 0 aliphatic heterocycles. The normalized spacial score (nSPS) is 13.2. The van der Waals surface area contributed by atoms with Crippen LogP contribution in [0.25, 0.3) is 0 Å². The molecule has 2 nitrogen and oxygen atoms in total. The largest absolute Gasteiger partial charge is 0.399 e. The monoisotopic (exact) mass is 179 g/mol. The minimum Gasteiger partial charge on any atom is -0.399 e. The fourth-order valence-corrected chi connectivity index (χ4v) is 1.30. The third-order valence-electron chi connectivity index (χ3n) is 1.86. The Labute approximate surface area is 79.7 Å². The Hall–Kier alpha value is -1.02. The van der Waals surface area contributed by atoms with Gasteiger partial charge in [0.15, 0.2) is 0 Å². The molecule has 1 atom stereocenters. The first kappa shape index (κ1) is 10.1. The van der Waals surface area contributed by atoms with Gasteiger partial charge in [0.05, 0.1) is 12.2 Å². The van der Waals surface area contributed by atoms with Gasteiger partial charge >= 0.3 is 0 Å². The fraction of sp³-hybridized carbons (Fsp3) is 0.455. The van der Waals surface area contributed by atoms with E-state index in [-0.39, 0.29) is 12.2 Å². The quantitative estimate of drug-likeness (QED) is 0.724. The zero-order chi connectivity index (χ0) is 9.84. The van der Waals surface area contributed by atoms with Crippen molar-refractivity contribution >= 4 is 5.69 Å². The van der Waals surface area contributed by atoms with Crippen LogP contribution >= 0.6 is 0 Å². The molecule has 1 aromatic rings. The van der Waals surface area contributed by atoms with Gasteiger partial charge in [0.2, 0.25) is 0 Å².